The Balaban J connectivity index is 1.60. The fraction of sp³-hybridized carbons (Fsp3) is 0.0833. The summed E-state index contributed by atoms with van der Waals surface area (Å²) in [6.07, 6.45) is 0. The Morgan fingerprint density at radius 3 is 1.81 bits per heavy atom. The predicted octanol–water partition coefficient (Wildman–Crippen LogP) is 6.49. The quantitative estimate of drug-likeness (QED) is 0.185. The second kappa shape index (κ2) is 9.78. The highest BCUT2D eigenvalue weighted by molar-refractivity contribution is 7.86. The van der Waals surface area contributed by atoms with Gasteiger partial charge in [0.1, 0.15) is 11.4 Å². The van der Waals surface area contributed by atoms with E-state index in [1.54, 1.807) is 32.0 Å². The van der Waals surface area contributed by atoms with Crippen LogP contribution in [-0.4, -0.2) is 31.0 Å². The van der Waals surface area contributed by atoms with Gasteiger partial charge < -0.3 is 5.11 Å². The van der Waals surface area contributed by atoms with Gasteiger partial charge in [-0.05, 0) is 85.0 Å². The summed E-state index contributed by atoms with van der Waals surface area (Å²) in [4.78, 5) is -0.510. The van der Waals surface area contributed by atoms with Gasteiger partial charge in [0.25, 0.3) is 20.2 Å². The Labute approximate surface area is 212 Å². The average molecular weight is 541 g/mol. The molecule has 11 nitrogen and oxygen atoms in total. The van der Waals surface area contributed by atoms with Crippen LogP contribution in [-0.2, 0) is 20.2 Å². The van der Waals surface area contributed by atoms with E-state index in [0.717, 1.165) is 0 Å². The smallest absolute Gasteiger partial charge is 0.294 e. The number of aromatic hydroxyl groups is 1. The molecule has 0 spiro atoms. The number of fused-ring (bicyclic) bond motifs is 1. The highest BCUT2D eigenvalue weighted by Gasteiger charge is 2.14. The van der Waals surface area contributed by atoms with E-state index in [-0.39, 0.29) is 21.2 Å². The van der Waals surface area contributed by atoms with Gasteiger partial charge in [-0.25, -0.2) is 0 Å². The predicted molar refractivity (Wildman–Crippen MR) is 136 cm³/mol. The molecule has 4 aromatic carbocycles. The summed E-state index contributed by atoms with van der Waals surface area (Å²) >= 11 is 0. The van der Waals surface area contributed by atoms with Crippen LogP contribution in [0, 0.1) is 13.8 Å². The van der Waals surface area contributed by atoms with Crippen molar-refractivity contribution in [1.29, 1.82) is 0 Å². The van der Waals surface area contributed by atoms with Crippen molar-refractivity contribution in [2.75, 3.05) is 0 Å². The van der Waals surface area contributed by atoms with Crippen LogP contribution in [0.1, 0.15) is 11.1 Å². The largest absolute Gasteiger partial charge is 0.506 e. The van der Waals surface area contributed by atoms with Crippen molar-refractivity contribution in [3.8, 4) is 5.75 Å². The van der Waals surface area contributed by atoms with Crippen molar-refractivity contribution in [2.45, 2.75) is 23.6 Å². The topological polar surface area (TPSA) is 178 Å². The Morgan fingerprint density at radius 2 is 1.19 bits per heavy atom. The highest BCUT2D eigenvalue weighted by Crippen LogP contribution is 2.37. The van der Waals surface area contributed by atoms with Crippen molar-refractivity contribution < 1.29 is 31.0 Å². The second-order valence-corrected chi connectivity index (χ2v) is 10.9. The summed E-state index contributed by atoms with van der Waals surface area (Å²) in [6, 6.07) is 15.7. The number of phenolic OH excluding ortho intramolecular Hbond substituents is 1. The maximum atomic E-state index is 11.4. The van der Waals surface area contributed by atoms with Crippen molar-refractivity contribution in [2.24, 2.45) is 20.5 Å². The summed E-state index contributed by atoms with van der Waals surface area (Å²) in [5.74, 6) is -0.158. The molecule has 0 fully saturated rings. The molecule has 0 saturated heterocycles. The van der Waals surface area contributed by atoms with Gasteiger partial charge in [-0.2, -0.15) is 32.2 Å². The van der Waals surface area contributed by atoms with Crippen LogP contribution >= 0.6 is 0 Å². The van der Waals surface area contributed by atoms with Crippen LogP contribution in [0.2, 0.25) is 0 Å². The maximum absolute atomic E-state index is 11.4. The first-order chi connectivity index (χ1) is 17.3. The molecule has 190 valence electrons. The number of hydrogen-bond acceptors (Lipinski definition) is 9. The number of benzene rings is 4. The molecule has 37 heavy (non-hydrogen) atoms. The van der Waals surface area contributed by atoms with E-state index in [9.17, 15) is 26.5 Å². The van der Waals surface area contributed by atoms with E-state index < -0.39 is 20.2 Å². The van der Waals surface area contributed by atoms with E-state index in [2.05, 4.69) is 20.5 Å². The van der Waals surface area contributed by atoms with Crippen LogP contribution in [0.5, 0.6) is 5.75 Å². The van der Waals surface area contributed by atoms with E-state index in [1.165, 1.54) is 48.5 Å². The summed E-state index contributed by atoms with van der Waals surface area (Å²) in [5.41, 5.74) is 2.76. The molecule has 0 unspecified atom stereocenters. The highest BCUT2D eigenvalue weighted by atomic mass is 32.2. The fourth-order valence-electron chi connectivity index (χ4n) is 3.48. The van der Waals surface area contributed by atoms with Crippen LogP contribution in [0.4, 0.5) is 22.7 Å². The zero-order valence-electron chi connectivity index (χ0n) is 19.4. The molecule has 0 aliphatic rings. The van der Waals surface area contributed by atoms with Crippen LogP contribution < -0.4 is 0 Å². The minimum atomic E-state index is -4.38. The molecule has 0 bridgehead atoms. The number of azo groups is 2. The van der Waals surface area contributed by atoms with Gasteiger partial charge in [0, 0.05) is 5.39 Å². The van der Waals surface area contributed by atoms with Crippen LogP contribution in [0.3, 0.4) is 0 Å². The number of rotatable bonds is 6. The Morgan fingerprint density at radius 1 is 0.622 bits per heavy atom. The van der Waals surface area contributed by atoms with Gasteiger partial charge >= 0.3 is 0 Å². The zero-order valence-corrected chi connectivity index (χ0v) is 21.1. The maximum Gasteiger partial charge on any atom is 0.294 e. The zero-order chi connectivity index (χ0) is 27.0. The molecule has 0 aliphatic heterocycles. The first-order valence-corrected chi connectivity index (χ1v) is 13.5. The van der Waals surface area contributed by atoms with E-state index >= 15 is 0 Å². The van der Waals surface area contributed by atoms with Gasteiger partial charge in [-0.15, -0.1) is 5.11 Å². The van der Waals surface area contributed by atoms with Crippen LogP contribution in [0.15, 0.2) is 97.0 Å². The molecule has 3 N–H and O–H groups in total. The summed E-state index contributed by atoms with van der Waals surface area (Å²) in [5, 5.41) is 27.8. The summed E-state index contributed by atoms with van der Waals surface area (Å²) < 4.78 is 63.8. The molecule has 4 aromatic rings. The molecule has 13 heteroatoms. The van der Waals surface area contributed by atoms with E-state index in [1.807, 2.05) is 0 Å². The minimum absolute atomic E-state index is 0.131. The third-order valence-corrected chi connectivity index (χ3v) is 7.12. The SMILES string of the molecule is Cc1cc(S(=O)(=O)O)ccc1N=Nc1ccc(N=Nc2c(O)ccc3cc(S(=O)(=O)O)ccc23)c(C)c1. The molecule has 0 heterocycles. The van der Waals surface area contributed by atoms with Crippen LogP contribution in [0.25, 0.3) is 10.8 Å². The lowest BCUT2D eigenvalue weighted by Gasteiger charge is -2.06. The number of nitrogens with zero attached hydrogens (tertiary/aromatic N) is 4. The van der Waals surface area contributed by atoms with Gasteiger partial charge in [0.05, 0.1) is 26.9 Å². The lowest BCUT2D eigenvalue weighted by atomic mass is 10.1. The standard InChI is InChI=1S/C24H20N4O7S2/c1-14-11-17(25-26-22-9-6-18(12-15(22)2)36(30,31)32)4-8-21(14)27-28-24-20-7-5-19(37(33,34)35)13-16(20)3-10-23(24)29/h3-13,29H,1-2H3,(H,30,31,32)(H,33,34,35). The van der Waals surface area contributed by atoms with Gasteiger partial charge in [-0.3, -0.25) is 9.11 Å². The average Bonchev–Trinajstić information content (AvgIpc) is 2.82. The first kappa shape index (κ1) is 26.0. The number of phenols is 1. The second-order valence-electron chi connectivity index (χ2n) is 8.09. The third-order valence-electron chi connectivity index (χ3n) is 5.42. The van der Waals surface area contributed by atoms with Gasteiger partial charge in [0.2, 0.25) is 0 Å². The van der Waals surface area contributed by atoms with Gasteiger partial charge in [-0.1, -0.05) is 12.1 Å². The van der Waals surface area contributed by atoms with E-state index in [0.29, 0.717) is 39.0 Å². The fourth-order valence-corrected chi connectivity index (χ4v) is 4.56. The lowest BCUT2D eigenvalue weighted by molar-refractivity contribution is 0.477. The third kappa shape index (κ3) is 5.86. The van der Waals surface area contributed by atoms with Crippen molar-refractivity contribution in [3.63, 3.8) is 0 Å². The van der Waals surface area contributed by atoms with Crippen molar-refractivity contribution in [3.05, 3.63) is 77.9 Å². The minimum Gasteiger partial charge on any atom is -0.506 e. The molecule has 0 amide bonds. The lowest BCUT2D eigenvalue weighted by Crippen LogP contribution is -1.97. The molecule has 0 aromatic heterocycles. The monoisotopic (exact) mass is 540 g/mol. The van der Waals surface area contributed by atoms with E-state index in [4.69, 9.17) is 4.55 Å². The number of hydrogen-bond donors (Lipinski definition) is 3. The van der Waals surface area contributed by atoms with Crippen molar-refractivity contribution >= 4 is 53.8 Å². The molecule has 0 atom stereocenters. The summed E-state index contributed by atoms with van der Waals surface area (Å²) in [6.45, 7) is 3.42. The van der Waals surface area contributed by atoms with Crippen molar-refractivity contribution in [1.82, 2.24) is 0 Å². The molecular weight excluding hydrogens is 520 g/mol. The summed E-state index contributed by atoms with van der Waals surface area (Å²) in [7, 11) is -8.69. The Hall–Kier alpha value is -4.04. The van der Waals surface area contributed by atoms with Gasteiger partial charge in [0.15, 0.2) is 0 Å². The molecule has 0 aliphatic carbocycles. The Kier molecular flexibility index (Phi) is 6.88. The number of aryl methyl sites for hydroxylation is 2. The molecule has 4 rings (SSSR count). The Bertz CT molecular complexity index is 1820. The normalized spacial score (nSPS) is 12.6. The molecular formula is C24H20N4O7S2. The molecule has 0 saturated carbocycles. The molecule has 0 radical (unpaired) electrons. The first-order valence-electron chi connectivity index (χ1n) is 10.6.